The number of aromatic nitrogens is 1. The molecule has 1 N–H and O–H groups in total. The lowest BCUT2D eigenvalue weighted by molar-refractivity contribution is -0.115. The Hall–Kier alpha value is -3.48. The summed E-state index contributed by atoms with van der Waals surface area (Å²) >= 11 is 0. The van der Waals surface area contributed by atoms with E-state index in [2.05, 4.69) is 10.3 Å². The summed E-state index contributed by atoms with van der Waals surface area (Å²) in [5.41, 5.74) is 1.23. The van der Waals surface area contributed by atoms with Gasteiger partial charge >= 0.3 is 5.97 Å². The molecule has 0 spiro atoms. The van der Waals surface area contributed by atoms with Gasteiger partial charge in [-0.05, 0) is 38.1 Å². The van der Waals surface area contributed by atoms with Crippen molar-refractivity contribution in [2.75, 3.05) is 11.9 Å². The van der Waals surface area contributed by atoms with E-state index in [1.807, 2.05) is 0 Å². The Kier molecular flexibility index (Phi) is 5.84. The zero-order valence-electron chi connectivity index (χ0n) is 15.5. The number of hydrogen-bond acceptors (Lipinski definition) is 5. The fourth-order valence-electron chi connectivity index (χ4n) is 2.67. The van der Waals surface area contributed by atoms with Crippen LogP contribution in [-0.2, 0) is 16.0 Å². The number of benzene rings is 2. The topological polar surface area (TPSA) is 81.4 Å². The predicted molar refractivity (Wildman–Crippen MR) is 101 cm³/mol. The van der Waals surface area contributed by atoms with Crippen LogP contribution in [-0.4, -0.2) is 23.5 Å². The smallest absolute Gasteiger partial charge is 0.340 e. The number of para-hydroxylation sites is 1. The third kappa shape index (κ3) is 4.25. The van der Waals surface area contributed by atoms with E-state index in [0.717, 1.165) is 0 Å². The lowest BCUT2D eigenvalue weighted by Gasteiger charge is -2.09. The Morgan fingerprint density at radius 2 is 1.86 bits per heavy atom. The minimum atomic E-state index is -0.516. The Bertz CT molecular complexity index is 1010. The number of aryl methyl sites for hydroxylation is 1. The Morgan fingerprint density at radius 3 is 2.61 bits per heavy atom. The molecule has 1 heterocycles. The number of amides is 1. The number of hydrogen-bond donors (Lipinski definition) is 1. The Balaban J connectivity index is 1.76. The largest absolute Gasteiger partial charge is 0.462 e. The average molecular weight is 382 g/mol. The van der Waals surface area contributed by atoms with Gasteiger partial charge < -0.3 is 14.5 Å². The molecule has 6 nitrogen and oxygen atoms in total. The summed E-state index contributed by atoms with van der Waals surface area (Å²) in [5, 5.41) is 2.69. The van der Waals surface area contributed by atoms with Crippen molar-refractivity contribution in [2.45, 2.75) is 20.3 Å². The number of carbonyl (C=O) groups is 2. The number of nitrogens with zero attached hydrogens (tertiary/aromatic N) is 1. The second-order valence-electron chi connectivity index (χ2n) is 5.99. The van der Waals surface area contributed by atoms with Crippen LogP contribution in [0.25, 0.3) is 11.5 Å². The summed E-state index contributed by atoms with van der Waals surface area (Å²) in [6, 6.07) is 12.7. The van der Waals surface area contributed by atoms with Crippen molar-refractivity contribution in [2.24, 2.45) is 0 Å². The number of ether oxygens (including phenoxy) is 1. The van der Waals surface area contributed by atoms with Crippen molar-refractivity contribution >= 4 is 17.6 Å². The lowest BCUT2D eigenvalue weighted by Crippen LogP contribution is -2.18. The standard InChI is InChI=1S/C21H19FN2O4/c1-3-27-21(26)15-9-5-7-11-17(15)23-19(25)12-18-13(2)28-20(24-18)14-8-4-6-10-16(14)22/h4-11H,3,12H2,1-2H3,(H,23,25). The summed E-state index contributed by atoms with van der Waals surface area (Å²) < 4.78 is 24.4. The highest BCUT2D eigenvalue weighted by atomic mass is 19.1. The van der Waals surface area contributed by atoms with Gasteiger partial charge in [0.05, 0.1) is 35.5 Å². The molecular formula is C21H19FN2O4. The van der Waals surface area contributed by atoms with E-state index in [1.165, 1.54) is 6.07 Å². The quantitative estimate of drug-likeness (QED) is 0.648. The normalized spacial score (nSPS) is 10.5. The SMILES string of the molecule is CCOC(=O)c1ccccc1NC(=O)Cc1nc(-c2ccccc2F)oc1C. The molecule has 3 rings (SSSR count). The van der Waals surface area contributed by atoms with Gasteiger partial charge in [0.25, 0.3) is 0 Å². The summed E-state index contributed by atoms with van der Waals surface area (Å²) in [5.74, 6) is -0.813. The molecule has 28 heavy (non-hydrogen) atoms. The molecule has 0 aliphatic rings. The van der Waals surface area contributed by atoms with Crippen LogP contribution in [0.1, 0.15) is 28.7 Å². The number of anilines is 1. The average Bonchev–Trinajstić information content (AvgIpc) is 3.02. The highest BCUT2D eigenvalue weighted by Crippen LogP contribution is 2.25. The maximum Gasteiger partial charge on any atom is 0.340 e. The molecule has 0 saturated heterocycles. The fraction of sp³-hybridized carbons (Fsp3) is 0.190. The van der Waals surface area contributed by atoms with Gasteiger partial charge in [-0.3, -0.25) is 4.79 Å². The molecule has 2 aromatic carbocycles. The fourth-order valence-corrected chi connectivity index (χ4v) is 2.67. The molecule has 3 aromatic rings. The summed E-state index contributed by atoms with van der Waals surface area (Å²) in [6.07, 6.45) is -0.0824. The molecule has 0 unspecified atom stereocenters. The number of esters is 1. The van der Waals surface area contributed by atoms with Crippen LogP contribution >= 0.6 is 0 Å². The van der Waals surface area contributed by atoms with Crippen LogP contribution in [0.5, 0.6) is 0 Å². The second kappa shape index (κ2) is 8.47. The van der Waals surface area contributed by atoms with Crippen LogP contribution < -0.4 is 5.32 Å². The summed E-state index contributed by atoms with van der Waals surface area (Å²) in [4.78, 5) is 28.7. The lowest BCUT2D eigenvalue weighted by atomic mass is 10.1. The highest BCUT2D eigenvalue weighted by Gasteiger charge is 2.18. The van der Waals surface area contributed by atoms with Gasteiger partial charge in [0.2, 0.25) is 11.8 Å². The van der Waals surface area contributed by atoms with E-state index in [9.17, 15) is 14.0 Å². The van der Waals surface area contributed by atoms with Crippen LogP contribution in [0.4, 0.5) is 10.1 Å². The Morgan fingerprint density at radius 1 is 1.14 bits per heavy atom. The third-order valence-electron chi connectivity index (χ3n) is 4.02. The van der Waals surface area contributed by atoms with Crippen LogP contribution in [0.15, 0.2) is 52.9 Å². The third-order valence-corrected chi connectivity index (χ3v) is 4.02. The predicted octanol–water partition coefficient (Wildman–Crippen LogP) is 4.15. The Labute approximate surface area is 161 Å². The molecule has 0 aliphatic carbocycles. The van der Waals surface area contributed by atoms with Gasteiger partial charge in [-0.25, -0.2) is 14.2 Å². The molecule has 7 heteroatoms. The molecule has 1 amide bonds. The van der Waals surface area contributed by atoms with Gasteiger partial charge in [-0.15, -0.1) is 0 Å². The number of rotatable bonds is 6. The first-order valence-electron chi connectivity index (χ1n) is 8.76. The molecular weight excluding hydrogens is 363 g/mol. The van der Waals surface area contributed by atoms with E-state index in [-0.39, 0.29) is 36.0 Å². The van der Waals surface area contributed by atoms with E-state index >= 15 is 0 Å². The molecule has 0 bridgehead atoms. The van der Waals surface area contributed by atoms with Gasteiger partial charge in [0.15, 0.2) is 0 Å². The maximum atomic E-state index is 13.9. The number of carbonyl (C=O) groups excluding carboxylic acids is 2. The summed E-state index contributed by atoms with van der Waals surface area (Å²) in [6.45, 7) is 3.60. The highest BCUT2D eigenvalue weighted by molar-refractivity contribution is 6.01. The van der Waals surface area contributed by atoms with Crippen molar-refractivity contribution < 1.29 is 23.1 Å². The van der Waals surface area contributed by atoms with Crippen LogP contribution in [0, 0.1) is 12.7 Å². The molecule has 0 aliphatic heterocycles. The molecule has 0 fully saturated rings. The zero-order chi connectivity index (χ0) is 20.1. The first-order chi connectivity index (χ1) is 13.5. The van der Waals surface area contributed by atoms with Crippen molar-refractivity contribution in [1.29, 1.82) is 0 Å². The van der Waals surface area contributed by atoms with Crippen molar-refractivity contribution in [3.63, 3.8) is 0 Å². The second-order valence-corrected chi connectivity index (χ2v) is 5.99. The maximum absolute atomic E-state index is 13.9. The monoisotopic (exact) mass is 382 g/mol. The van der Waals surface area contributed by atoms with Gasteiger partial charge in [0, 0.05) is 0 Å². The molecule has 0 atom stereocenters. The van der Waals surface area contributed by atoms with Gasteiger partial charge in [-0.2, -0.15) is 0 Å². The van der Waals surface area contributed by atoms with Gasteiger partial charge in [0.1, 0.15) is 11.6 Å². The minimum Gasteiger partial charge on any atom is -0.462 e. The molecule has 0 radical (unpaired) electrons. The minimum absolute atomic E-state index is 0.0824. The number of oxazole rings is 1. The number of halogens is 1. The molecule has 1 aromatic heterocycles. The van der Waals surface area contributed by atoms with E-state index in [0.29, 0.717) is 17.1 Å². The van der Waals surface area contributed by atoms with Crippen molar-refractivity contribution in [3.05, 3.63) is 71.4 Å². The van der Waals surface area contributed by atoms with E-state index in [4.69, 9.17) is 9.15 Å². The van der Waals surface area contributed by atoms with Crippen molar-refractivity contribution in [3.8, 4) is 11.5 Å². The van der Waals surface area contributed by atoms with E-state index < -0.39 is 11.8 Å². The van der Waals surface area contributed by atoms with Gasteiger partial charge in [-0.1, -0.05) is 24.3 Å². The first kappa shape index (κ1) is 19.3. The van der Waals surface area contributed by atoms with Crippen LogP contribution in [0.2, 0.25) is 0 Å². The van der Waals surface area contributed by atoms with Crippen LogP contribution in [0.3, 0.4) is 0 Å². The first-order valence-corrected chi connectivity index (χ1v) is 8.76. The van der Waals surface area contributed by atoms with E-state index in [1.54, 1.807) is 56.3 Å². The molecule has 144 valence electrons. The zero-order valence-corrected chi connectivity index (χ0v) is 15.5. The number of nitrogens with one attached hydrogen (secondary N) is 1. The molecule has 0 saturated carbocycles. The summed E-state index contributed by atoms with van der Waals surface area (Å²) in [7, 11) is 0. The van der Waals surface area contributed by atoms with Crippen molar-refractivity contribution in [1.82, 2.24) is 4.98 Å².